The molecule has 0 aliphatic carbocycles. The molecule has 0 amide bonds. The SMILES string of the molecule is CCc1cccc(C)c1Nc1cc(C)nc(N2CCC(C)CC2)n1. The molecular formula is C20H28N4. The predicted molar refractivity (Wildman–Crippen MR) is 101 cm³/mol. The van der Waals surface area contributed by atoms with Crippen molar-refractivity contribution < 1.29 is 0 Å². The van der Waals surface area contributed by atoms with Crippen molar-refractivity contribution in [1.82, 2.24) is 9.97 Å². The molecule has 1 fully saturated rings. The third kappa shape index (κ3) is 3.69. The number of piperidine rings is 1. The standard InChI is InChI=1S/C20H28N4/c1-5-17-8-6-7-15(3)19(17)22-18-13-16(4)21-20(23-18)24-11-9-14(2)10-12-24/h6-8,13-14H,5,9-12H2,1-4H3,(H,21,22,23). The summed E-state index contributed by atoms with van der Waals surface area (Å²) in [7, 11) is 0. The molecule has 0 spiro atoms. The fourth-order valence-electron chi connectivity index (χ4n) is 3.30. The summed E-state index contributed by atoms with van der Waals surface area (Å²) in [6.07, 6.45) is 3.45. The van der Waals surface area contributed by atoms with Crippen LogP contribution in [0.1, 0.15) is 43.5 Å². The Morgan fingerprint density at radius 3 is 2.62 bits per heavy atom. The van der Waals surface area contributed by atoms with Gasteiger partial charge < -0.3 is 10.2 Å². The van der Waals surface area contributed by atoms with Gasteiger partial charge in [0.15, 0.2) is 0 Å². The zero-order valence-electron chi connectivity index (χ0n) is 15.3. The minimum atomic E-state index is 0.808. The summed E-state index contributed by atoms with van der Waals surface area (Å²) in [5.41, 5.74) is 4.75. The van der Waals surface area contributed by atoms with Gasteiger partial charge in [-0.15, -0.1) is 0 Å². The Kier molecular flexibility index (Phi) is 5.03. The van der Waals surface area contributed by atoms with E-state index in [1.165, 1.54) is 29.7 Å². The minimum Gasteiger partial charge on any atom is -0.341 e. The molecule has 3 rings (SSSR count). The first kappa shape index (κ1) is 16.7. The van der Waals surface area contributed by atoms with E-state index in [-0.39, 0.29) is 0 Å². The zero-order chi connectivity index (χ0) is 17.1. The highest BCUT2D eigenvalue weighted by molar-refractivity contribution is 5.65. The summed E-state index contributed by atoms with van der Waals surface area (Å²) >= 11 is 0. The van der Waals surface area contributed by atoms with Crippen LogP contribution in [0, 0.1) is 19.8 Å². The van der Waals surface area contributed by atoms with Crippen molar-refractivity contribution in [2.24, 2.45) is 5.92 Å². The molecule has 24 heavy (non-hydrogen) atoms. The normalized spacial score (nSPS) is 15.6. The van der Waals surface area contributed by atoms with Gasteiger partial charge in [0.1, 0.15) is 5.82 Å². The number of para-hydroxylation sites is 1. The second kappa shape index (κ2) is 7.20. The molecule has 4 nitrogen and oxygen atoms in total. The Bertz CT molecular complexity index is 703. The minimum absolute atomic E-state index is 0.808. The molecule has 2 aromatic rings. The van der Waals surface area contributed by atoms with Crippen molar-refractivity contribution in [1.29, 1.82) is 0 Å². The molecule has 0 unspecified atom stereocenters. The lowest BCUT2D eigenvalue weighted by Crippen LogP contribution is -2.34. The summed E-state index contributed by atoms with van der Waals surface area (Å²) in [5, 5.41) is 3.54. The van der Waals surface area contributed by atoms with Gasteiger partial charge in [-0.1, -0.05) is 32.0 Å². The molecule has 1 aliphatic heterocycles. The Morgan fingerprint density at radius 2 is 1.92 bits per heavy atom. The van der Waals surface area contributed by atoms with Crippen LogP contribution >= 0.6 is 0 Å². The highest BCUT2D eigenvalue weighted by Gasteiger charge is 2.19. The van der Waals surface area contributed by atoms with E-state index in [0.717, 1.165) is 42.9 Å². The highest BCUT2D eigenvalue weighted by Crippen LogP contribution is 2.27. The van der Waals surface area contributed by atoms with Crippen LogP contribution in [0.5, 0.6) is 0 Å². The smallest absolute Gasteiger partial charge is 0.227 e. The fraction of sp³-hybridized carbons (Fsp3) is 0.500. The second-order valence-corrected chi connectivity index (χ2v) is 6.95. The molecule has 0 saturated carbocycles. The number of nitrogens with one attached hydrogen (secondary N) is 1. The molecule has 1 aliphatic rings. The van der Waals surface area contributed by atoms with Crippen LogP contribution in [-0.2, 0) is 6.42 Å². The maximum atomic E-state index is 4.80. The molecule has 0 bridgehead atoms. The first-order valence-corrected chi connectivity index (χ1v) is 9.03. The van der Waals surface area contributed by atoms with Crippen LogP contribution in [-0.4, -0.2) is 23.1 Å². The topological polar surface area (TPSA) is 41.1 Å². The van der Waals surface area contributed by atoms with Crippen molar-refractivity contribution in [3.05, 3.63) is 41.1 Å². The summed E-state index contributed by atoms with van der Waals surface area (Å²) < 4.78 is 0. The van der Waals surface area contributed by atoms with Gasteiger partial charge in [0, 0.05) is 30.5 Å². The number of hydrogen-bond acceptors (Lipinski definition) is 4. The second-order valence-electron chi connectivity index (χ2n) is 6.95. The van der Waals surface area contributed by atoms with Gasteiger partial charge >= 0.3 is 0 Å². The van der Waals surface area contributed by atoms with E-state index in [4.69, 9.17) is 4.98 Å². The van der Waals surface area contributed by atoms with Crippen LogP contribution in [0.2, 0.25) is 0 Å². The van der Waals surface area contributed by atoms with Gasteiger partial charge in [-0.3, -0.25) is 0 Å². The van der Waals surface area contributed by atoms with Gasteiger partial charge in [-0.2, -0.15) is 4.98 Å². The predicted octanol–water partition coefficient (Wildman–Crippen LogP) is 4.64. The van der Waals surface area contributed by atoms with E-state index >= 15 is 0 Å². The van der Waals surface area contributed by atoms with E-state index in [1.54, 1.807) is 0 Å². The molecule has 1 aromatic heterocycles. The molecule has 4 heteroatoms. The van der Waals surface area contributed by atoms with Crippen molar-refractivity contribution >= 4 is 17.5 Å². The lowest BCUT2D eigenvalue weighted by Gasteiger charge is -2.30. The first-order chi connectivity index (χ1) is 11.6. The summed E-state index contributed by atoms with van der Waals surface area (Å²) in [5.74, 6) is 2.55. The van der Waals surface area contributed by atoms with Crippen molar-refractivity contribution in [2.45, 2.75) is 47.0 Å². The third-order valence-electron chi connectivity index (χ3n) is 4.90. The van der Waals surface area contributed by atoms with Gasteiger partial charge in [-0.25, -0.2) is 4.98 Å². The number of nitrogens with zero attached hydrogens (tertiary/aromatic N) is 3. The van der Waals surface area contributed by atoms with E-state index in [0.29, 0.717) is 0 Å². The Labute approximate surface area is 145 Å². The van der Waals surface area contributed by atoms with Crippen LogP contribution in [0.3, 0.4) is 0 Å². The maximum Gasteiger partial charge on any atom is 0.227 e. The number of aromatic nitrogens is 2. The van der Waals surface area contributed by atoms with Gasteiger partial charge in [0.25, 0.3) is 0 Å². The molecule has 1 N–H and O–H groups in total. The molecule has 1 aromatic carbocycles. The zero-order valence-corrected chi connectivity index (χ0v) is 15.3. The molecule has 128 valence electrons. The van der Waals surface area contributed by atoms with Crippen LogP contribution in [0.25, 0.3) is 0 Å². The summed E-state index contributed by atoms with van der Waals surface area (Å²) in [6, 6.07) is 8.46. The summed E-state index contributed by atoms with van der Waals surface area (Å²) in [4.78, 5) is 11.8. The van der Waals surface area contributed by atoms with E-state index < -0.39 is 0 Å². The van der Waals surface area contributed by atoms with E-state index in [2.05, 4.69) is 54.2 Å². The Balaban J connectivity index is 1.87. The van der Waals surface area contributed by atoms with Crippen LogP contribution in [0.4, 0.5) is 17.5 Å². The Morgan fingerprint density at radius 1 is 1.17 bits per heavy atom. The van der Waals surface area contributed by atoms with Crippen LogP contribution < -0.4 is 10.2 Å². The van der Waals surface area contributed by atoms with Gasteiger partial charge in [-0.05, 0) is 50.2 Å². The first-order valence-electron chi connectivity index (χ1n) is 9.03. The monoisotopic (exact) mass is 324 g/mol. The molecular weight excluding hydrogens is 296 g/mol. The van der Waals surface area contributed by atoms with Gasteiger partial charge in [0.2, 0.25) is 5.95 Å². The maximum absolute atomic E-state index is 4.80. The molecule has 2 heterocycles. The van der Waals surface area contributed by atoms with Crippen molar-refractivity contribution in [3.63, 3.8) is 0 Å². The molecule has 0 atom stereocenters. The van der Waals surface area contributed by atoms with Crippen molar-refractivity contribution in [3.8, 4) is 0 Å². The average Bonchev–Trinajstić information content (AvgIpc) is 2.57. The average molecular weight is 324 g/mol. The number of anilines is 3. The summed E-state index contributed by atoms with van der Waals surface area (Å²) in [6.45, 7) is 10.8. The van der Waals surface area contributed by atoms with Crippen LogP contribution in [0.15, 0.2) is 24.3 Å². The lowest BCUT2D eigenvalue weighted by molar-refractivity contribution is 0.434. The quantitative estimate of drug-likeness (QED) is 0.890. The Hall–Kier alpha value is -2.10. The van der Waals surface area contributed by atoms with E-state index in [1.807, 2.05) is 13.0 Å². The lowest BCUT2D eigenvalue weighted by atomic mass is 10.00. The third-order valence-corrected chi connectivity index (χ3v) is 4.90. The number of aryl methyl sites for hydroxylation is 3. The molecule has 1 saturated heterocycles. The van der Waals surface area contributed by atoms with Crippen molar-refractivity contribution in [2.75, 3.05) is 23.3 Å². The number of benzene rings is 1. The number of hydrogen-bond donors (Lipinski definition) is 1. The molecule has 0 radical (unpaired) electrons. The highest BCUT2D eigenvalue weighted by atomic mass is 15.3. The fourth-order valence-corrected chi connectivity index (χ4v) is 3.30. The number of rotatable bonds is 4. The largest absolute Gasteiger partial charge is 0.341 e. The van der Waals surface area contributed by atoms with E-state index in [9.17, 15) is 0 Å². The van der Waals surface area contributed by atoms with Gasteiger partial charge in [0.05, 0.1) is 0 Å².